The zero-order chi connectivity index (χ0) is 12.3. The Balaban J connectivity index is 1.90. The molecule has 1 N–H and O–H groups in total. The molecule has 2 aliphatic rings. The van der Waals surface area contributed by atoms with Gasteiger partial charge in [-0.3, -0.25) is 4.90 Å². The van der Waals surface area contributed by atoms with Crippen LogP contribution in [0.1, 0.15) is 46.5 Å². The molecular weight excluding hydrogens is 212 g/mol. The van der Waals surface area contributed by atoms with E-state index < -0.39 is 0 Å². The molecule has 0 aromatic rings. The molecular formula is C14H28N2O. The largest absolute Gasteiger partial charge is 0.373 e. The Kier molecular flexibility index (Phi) is 4.83. The monoisotopic (exact) mass is 240 g/mol. The minimum Gasteiger partial charge on any atom is -0.373 e. The quantitative estimate of drug-likeness (QED) is 0.813. The average molecular weight is 240 g/mol. The first kappa shape index (κ1) is 13.3. The van der Waals surface area contributed by atoms with E-state index in [-0.39, 0.29) is 0 Å². The van der Waals surface area contributed by atoms with Crippen LogP contribution in [0.15, 0.2) is 0 Å². The van der Waals surface area contributed by atoms with Crippen molar-refractivity contribution in [2.45, 2.75) is 70.7 Å². The summed E-state index contributed by atoms with van der Waals surface area (Å²) in [5.41, 5.74) is 0. The van der Waals surface area contributed by atoms with Gasteiger partial charge in [0.2, 0.25) is 0 Å². The van der Waals surface area contributed by atoms with E-state index in [2.05, 4.69) is 31.0 Å². The molecule has 1 aliphatic heterocycles. The van der Waals surface area contributed by atoms with Crippen LogP contribution < -0.4 is 5.32 Å². The van der Waals surface area contributed by atoms with E-state index in [4.69, 9.17) is 4.74 Å². The van der Waals surface area contributed by atoms with E-state index in [1.165, 1.54) is 25.7 Å². The summed E-state index contributed by atoms with van der Waals surface area (Å²) in [6, 6.07) is 1.46. The Hall–Kier alpha value is -0.120. The molecule has 0 amide bonds. The minimum absolute atomic E-state index is 0.395. The van der Waals surface area contributed by atoms with Crippen molar-refractivity contribution in [2.24, 2.45) is 0 Å². The van der Waals surface area contributed by atoms with Gasteiger partial charge in [-0.25, -0.2) is 0 Å². The summed E-state index contributed by atoms with van der Waals surface area (Å²) in [5, 5.41) is 3.73. The molecule has 0 aromatic carbocycles. The van der Waals surface area contributed by atoms with Gasteiger partial charge in [-0.05, 0) is 39.7 Å². The summed E-state index contributed by atoms with van der Waals surface area (Å²) in [7, 11) is 0. The van der Waals surface area contributed by atoms with Gasteiger partial charge in [0, 0.05) is 25.2 Å². The van der Waals surface area contributed by atoms with Crippen LogP contribution in [-0.4, -0.2) is 48.8 Å². The molecule has 0 bridgehead atoms. The normalized spacial score (nSPS) is 39.7. The smallest absolute Gasteiger partial charge is 0.0678 e. The Morgan fingerprint density at radius 1 is 1.18 bits per heavy atom. The maximum Gasteiger partial charge on any atom is 0.0678 e. The van der Waals surface area contributed by atoms with Crippen LogP contribution in [0.4, 0.5) is 0 Å². The summed E-state index contributed by atoms with van der Waals surface area (Å²) in [6.45, 7) is 10.0. The van der Waals surface area contributed by atoms with Gasteiger partial charge in [-0.2, -0.15) is 0 Å². The molecule has 4 atom stereocenters. The van der Waals surface area contributed by atoms with Crippen LogP contribution in [0.2, 0.25) is 0 Å². The molecule has 1 aliphatic carbocycles. The highest BCUT2D eigenvalue weighted by molar-refractivity contribution is 4.92. The number of morpholine rings is 1. The zero-order valence-corrected chi connectivity index (χ0v) is 11.6. The first-order valence-corrected chi connectivity index (χ1v) is 7.33. The molecule has 0 radical (unpaired) electrons. The summed E-state index contributed by atoms with van der Waals surface area (Å²) in [5.74, 6) is 0. The van der Waals surface area contributed by atoms with E-state index in [9.17, 15) is 0 Å². The van der Waals surface area contributed by atoms with Crippen molar-refractivity contribution in [1.29, 1.82) is 0 Å². The van der Waals surface area contributed by atoms with Crippen molar-refractivity contribution in [3.8, 4) is 0 Å². The van der Waals surface area contributed by atoms with E-state index in [1.807, 2.05) is 0 Å². The predicted molar refractivity (Wildman–Crippen MR) is 71.3 cm³/mol. The second-order valence-corrected chi connectivity index (χ2v) is 5.77. The maximum absolute atomic E-state index is 5.83. The molecule has 2 unspecified atom stereocenters. The molecule has 2 fully saturated rings. The van der Waals surface area contributed by atoms with Gasteiger partial charge in [-0.1, -0.05) is 13.3 Å². The number of nitrogens with zero attached hydrogens (tertiary/aromatic N) is 1. The molecule has 1 heterocycles. The lowest BCUT2D eigenvalue weighted by atomic mass is 10.1. The van der Waals surface area contributed by atoms with Gasteiger partial charge in [0.05, 0.1) is 12.2 Å². The van der Waals surface area contributed by atoms with Gasteiger partial charge in [0.1, 0.15) is 0 Å². The highest BCUT2D eigenvalue weighted by atomic mass is 16.5. The molecule has 2 rings (SSSR count). The van der Waals surface area contributed by atoms with Crippen LogP contribution in [0.25, 0.3) is 0 Å². The van der Waals surface area contributed by atoms with Crippen molar-refractivity contribution < 1.29 is 4.74 Å². The molecule has 0 spiro atoms. The highest BCUT2D eigenvalue weighted by Gasteiger charge is 2.35. The number of ether oxygens (including phenoxy) is 1. The summed E-state index contributed by atoms with van der Waals surface area (Å²) >= 11 is 0. The standard InChI is InChI=1S/C14H28N2O/c1-4-8-15-13-6-5-7-14(13)16-9-11(2)17-12(3)10-16/h11-15H,4-10H2,1-3H3/t11-,12+,13?,14?. The van der Waals surface area contributed by atoms with Crippen LogP contribution in [-0.2, 0) is 4.74 Å². The van der Waals surface area contributed by atoms with Gasteiger partial charge >= 0.3 is 0 Å². The van der Waals surface area contributed by atoms with E-state index in [0.29, 0.717) is 18.2 Å². The number of hydrogen-bond donors (Lipinski definition) is 1. The summed E-state index contributed by atoms with van der Waals surface area (Å²) in [6.07, 6.45) is 6.12. The lowest BCUT2D eigenvalue weighted by molar-refractivity contribution is -0.0821. The second kappa shape index (κ2) is 6.17. The van der Waals surface area contributed by atoms with Crippen LogP contribution >= 0.6 is 0 Å². The van der Waals surface area contributed by atoms with Crippen LogP contribution in [0.5, 0.6) is 0 Å². The number of nitrogens with one attached hydrogen (secondary N) is 1. The Morgan fingerprint density at radius 3 is 2.53 bits per heavy atom. The molecule has 100 valence electrons. The fraction of sp³-hybridized carbons (Fsp3) is 1.00. The molecule has 0 aromatic heterocycles. The van der Waals surface area contributed by atoms with Gasteiger partial charge < -0.3 is 10.1 Å². The summed E-state index contributed by atoms with van der Waals surface area (Å²) < 4.78 is 5.83. The van der Waals surface area contributed by atoms with Crippen molar-refractivity contribution in [1.82, 2.24) is 10.2 Å². The lowest BCUT2D eigenvalue weighted by Gasteiger charge is -2.41. The summed E-state index contributed by atoms with van der Waals surface area (Å²) in [4.78, 5) is 2.67. The first-order chi connectivity index (χ1) is 8.20. The fourth-order valence-electron chi connectivity index (χ4n) is 3.43. The molecule has 1 saturated carbocycles. The van der Waals surface area contributed by atoms with Gasteiger partial charge in [-0.15, -0.1) is 0 Å². The Labute approximate surface area is 106 Å². The Bertz CT molecular complexity index is 224. The van der Waals surface area contributed by atoms with Crippen LogP contribution in [0.3, 0.4) is 0 Å². The van der Waals surface area contributed by atoms with Crippen molar-refractivity contribution in [2.75, 3.05) is 19.6 Å². The van der Waals surface area contributed by atoms with Crippen molar-refractivity contribution >= 4 is 0 Å². The number of rotatable bonds is 4. The second-order valence-electron chi connectivity index (χ2n) is 5.77. The predicted octanol–water partition coefficient (Wildman–Crippen LogP) is 2.02. The number of hydrogen-bond acceptors (Lipinski definition) is 3. The van der Waals surface area contributed by atoms with Crippen molar-refractivity contribution in [3.63, 3.8) is 0 Å². The van der Waals surface area contributed by atoms with Crippen LogP contribution in [0, 0.1) is 0 Å². The highest BCUT2D eigenvalue weighted by Crippen LogP contribution is 2.27. The topological polar surface area (TPSA) is 24.5 Å². The Morgan fingerprint density at radius 2 is 1.88 bits per heavy atom. The maximum atomic E-state index is 5.83. The van der Waals surface area contributed by atoms with Gasteiger partial charge in [0.25, 0.3) is 0 Å². The SMILES string of the molecule is CCCNC1CCCC1N1C[C@@H](C)O[C@@H](C)C1. The lowest BCUT2D eigenvalue weighted by Crippen LogP contribution is -2.54. The van der Waals surface area contributed by atoms with Gasteiger partial charge in [0.15, 0.2) is 0 Å². The first-order valence-electron chi connectivity index (χ1n) is 7.33. The van der Waals surface area contributed by atoms with E-state index in [1.54, 1.807) is 0 Å². The third-order valence-corrected chi connectivity index (χ3v) is 4.05. The van der Waals surface area contributed by atoms with E-state index >= 15 is 0 Å². The molecule has 3 heteroatoms. The molecule has 17 heavy (non-hydrogen) atoms. The van der Waals surface area contributed by atoms with E-state index in [0.717, 1.165) is 25.7 Å². The zero-order valence-electron chi connectivity index (χ0n) is 11.6. The molecule has 3 nitrogen and oxygen atoms in total. The minimum atomic E-state index is 0.395. The third-order valence-electron chi connectivity index (χ3n) is 4.05. The third kappa shape index (κ3) is 3.43. The van der Waals surface area contributed by atoms with Crippen molar-refractivity contribution in [3.05, 3.63) is 0 Å². The average Bonchev–Trinajstić information content (AvgIpc) is 2.73. The molecule has 1 saturated heterocycles. The fourth-order valence-corrected chi connectivity index (χ4v) is 3.43.